The fraction of sp³-hybridized carbons (Fsp3) is 0.800. The number of carbonyl (C=O) groups is 2. The van der Waals surface area contributed by atoms with E-state index in [0.29, 0.717) is 18.3 Å². The van der Waals surface area contributed by atoms with Gasteiger partial charge in [0.15, 0.2) is 0 Å². The largest absolute Gasteiger partial charge is 0.481 e. The normalized spacial score (nSPS) is 29.3. The van der Waals surface area contributed by atoms with Crippen LogP contribution in [0.3, 0.4) is 0 Å². The Bertz CT molecular complexity index is 502. The molecule has 2 aliphatic rings. The molecule has 0 aromatic carbocycles. The minimum Gasteiger partial charge on any atom is -0.481 e. The lowest BCUT2D eigenvalue weighted by molar-refractivity contribution is -0.134. The van der Waals surface area contributed by atoms with Gasteiger partial charge in [0.1, 0.15) is 5.78 Å². The molecule has 2 aliphatic carbocycles. The van der Waals surface area contributed by atoms with Crippen LogP contribution >= 0.6 is 11.8 Å². The summed E-state index contributed by atoms with van der Waals surface area (Å²) in [4.78, 5) is 23.2. The first kappa shape index (κ1) is 20.5. The number of carboxylic acid groups (broad SMARTS) is 1. The molecular weight excluding hydrogens is 336 g/mol. The third-order valence-corrected chi connectivity index (χ3v) is 6.80. The first-order chi connectivity index (χ1) is 11.9. The average Bonchev–Trinajstić information content (AvgIpc) is 3.06. The highest BCUT2D eigenvalue weighted by Gasteiger charge is 2.47. The second-order valence-electron chi connectivity index (χ2n) is 7.76. The number of Topliss-reactive ketones (excluding diaryl/α,β-unsaturated/α-hetero) is 1. The lowest BCUT2D eigenvalue weighted by Gasteiger charge is -2.19. The van der Waals surface area contributed by atoms with Crippen molar-refractivity contribution in [2.45, 2.75) is 64.9 Å². The monoisotopic (exact) mass is 368 g/mol. The fourth-order valence-corrected chi connectivity index (χ4v) is 5.00. The Labute approximate surface area is 155 Å². The highest BCUT2D eigenvalue weighted by atomic mass is 32.2. The summed E-state index contributed by atoms with van der Waals surface area (Å²) >= 11 is 1.44. The van der Waals surface area contributed by atoms with Crippen molar-refractivity contribution in [1.29, 1.82) is 0 Å². The quantitative estimate of drug-likeness (QED) is 0.427. The van der Waals surface area contributed by atoms with Crippen LogP contribution in [0.4, 0.5) is 0 Å². The summed E-state index contributed by atoms with van der Waals surface area (Å²) in [5.41, 5.74) is 1.34. The molecule has 0 aromatic rings. The van der Waals surface area contributed by atoms with Gasteiger partial charge in [-0.1, -0.05) is 38.3 Å². The Morgan fingerprint density at radius 1 is 1.40 bits per heavy atom. The van der Waals surface area contributed by atoms with E-state index < -0.39 is 12.1 Å². The zero-order valence-corrected chi connectivity index (χ0v) is 16.3. The Balaban J connectivity index is 1.83. The molecule has 0 aromatic heterocycles. The molecule has 142 valence electrons. The number of carbonyl (C=O) groups excluding carboxylic acids is 1. The minimum atomic E-state index is -0.770. The number of hydrogen-bond acceptors (Lipinski definition) is 4. The van der Waals surface area contributed by atoms with Crippen molar-refractivity contribution in [2.24, 2.45) is 23.7 Å². The number of rotatable bonds is 11. The van der Waals surface area contributed by atoms with Gasteiger partial charge in [0.2, 0.25) is 0 Å². The summed E-state index contributed by atoms with van der Waals surface area (Å²) in [6.07, 6.45) is 8.09. The molecule has 0 amide bonds. The maximum atomic E-state index is 12.7. The predicted octanol–water partition coefficient (Wildman–Crippen LogP) is 3.92. The molecule has 5 heteroatoms. The molecule has 4 nitrogen and oxygen atoms in total. The molecule has 1 unspecified atom stereocenters. The summed E-state index contributed by atoms with van der Waals surface area (Å²) < 4.78 is 0. The highest BCUT2D eigenvalue weighted by Crippen LogP contribution is 2.48. The first-order valence-corrected chi connectivity index (χ1v) is 10.8. The highest BCUT2D eigenvalue weighted by molar-refractivity contribution is 7.99. The molecule has 0 heterocycles. The molecule has 5 atom stereocenters. The molecule has 0 spiro atoms. The van der Waals surface area contributed by atoms with Gasteiger partial charge < -0.3 is 10.2 Å². The summed E-state index contributed by atoms with van der Waals surface area (Å²) in [5, 5.41) is 19.0. The average molecular weight is 369 g/mol. The van der Waals surface area contributed by atoms with Gasteiger partial charge in [-0.2, -0.15) is 0 Å². The molecule has 2 rings (SSSR count). The molecule has 0 saturated heterocycles. The molecule has 0 radical (unpaired) electrons. The first-order valence-electron chi connectivity index (χ1n) is 9.62. The Kier molecular flexibility index (Phi) is 8.01. The zero-order chi connectivity index (χ0) is 18.4. The van der Waals surface area contributed by atoms with Crippen LogP contribution in [-0.2, 0) is 9.59 Å². The summed E-state index contributed by atoms with van der Waals surface area (Å²) in [7, 11) is 0. The minimum absolute atomic E-state index is 0.149. The fourth-order valence-electron chi connectivity index (χ4n) is 4.27. The van der Waals surface area contributed by atoms with E-state index in [1.807, 2.05) is 0 Å². The number of ketones is 1. The topological polar surface area (TPSA) is 74.6 Å². The maximum absolute atomic E-state index is 12.7. The van der Waals surface area contributed by atoms with Crippen molar-refractivity contribution in [3.8, 4) is 0 Å². The van der Waals surface area contributed by atoms with Gasteiger partial charge in [-0.25, -0.2) is 0 Å². The van der Waals surface area contributed by atoms with Crippen molar-refractivity contribution in [1.82, 2.24) is 0 Å². The maximum Gasteiger partial charge on any atom is 0.313 e. The van der Waals surface area contributed by atoms with E-state index in [9.17, 15) is 14.7 Å². The summed E-state index contributed by atoms with van der Waals surface area (Å²) in [6, 6.07) is 0. The third kappa shape index (κ3) is 5.85. The molecule has 0 aliphatic heterocycles. The Hall–Kier alpha value is -0.810. The molecule has 2 N–H and O–H groups in total. The van der Waals surface area contributed by atoms with Gasteiger partial charge in [0.05, 0.1) is 17.8 Å². The van der Waals surface area contributed by atoms with Crippen molar-refractivity contribution < 1.29 is 19.8 Å². The van der Waals surface area contributed by atoms with Crippen molar-refractivity contribution in [2.75, 3.05) is 11.5 Å². The molecule has 1 fully saturated rings. The van der Waals surface area contributed by atoms with Gasteiger partial charge in [0, 0.05) is 6.42 Å². The standard InChI is InChI=1S/C20H32O4S/c1-3-13(2)5-4-6-17(21)20-16-10-14(7-8-25-12-19(23)24)9-15(16)11-18(20)22/h10,13,15-16,18,20,22H,3-9,11-12H2,1-2H3,(H,23,24)/t13?,15-,16-,18+,20-/m1/s1. The van der Waals surface area contributed by atoms with Crippen molar-refractivity contribution in [3.05, 3.63) is 11.6 Å². The van der Waals surface area contributed by atoms with E-state index in [1.54, 1.807) is 0 Å². The number of fused-ring (bicyclic) bond motifs is 1. The predicted molar refractivity (Wildman–Crippen MR) is 102 cm³/mol. The van der Waals surface area contributed by atoms with Gasteiger partial charge in [-0.15, -0.1) is 11.8 Å². The molecule has 0 bridgehead atoms. The number of allylic oxidation sites excluding steroid dienone is 2. The Morgan fingerprint density at radius 3 is 2.84 bits per heavy atom. The summed E-state index contributed by atoms with van der Waals surface area (Å²) in [5.74, 6) is 1.48. The van der Waals surface area contributed by atoms with Crippen LogP contribution in [0.5, 0.6) is 0 Å². The van der Waals surface area contributed by atoms with E-state index in [-0.39, 0.29) is 23.4 Å². The molecule has 1 saturated carbocycles. The van der Waals surface area contributed by atoms with E-state index in [2.05, 4.69) is 19.9 Å². The number of aliphatic carboxylic acids is 1. The van der Waals surface area contributed by atoms with E-state index in [0.717, 1.165) is 44.3 Å². The number of carboxylic acids is 1. The van der Waals surface area contributed by atoms with E-state index in [4.69, 9.17) is 5.11 Å². The lowest BCUT2D eigenvalue weighted by atomic mass is 9.86. The molecular formula is C20H32O4S. The van der Waals surface area contributed by atoms with Gasteiger partial charge in [-0.3, -0.25) is 9.59 Å². The SMILES string of the molecule is CCC(C)CCCC(=O)[C@H]1[C@@H]2C=C(CCSCC(=O)O)C[C@@H]2C[C@@H]1O. The van der Waals surface area contributed by atoms with Crippen LogP contribution in [0.25, 0.3) is 0 Å². The van der Waals surface area contributed by atoms with Gasteiger partial charge in [-0.05, 0) is 49.2 Å². The second kappa shape index (κ2) is 9.77. The van der Waals surface area contributed by atoms with Crippen molar-refractivity contribution in [3.63, 3.8) is 0 Å². The van der Waals surface area contributed by atoms with Crippen LogP contribution in [0.15, 0.2) is 11.6 Å². The van der Waals surface area contributed by atoms with Crippen LogP contribution in [0.1, 0.15) is 58.8 Å². The van der Waals surface area contributed by atoms with Gasteiger partial charge in [0.25, 0.3) is 0 Å². The number of aliphatic hydroxyl groups is 1. The Morgan fingerprint density at radius 2 is 2.16 bits per heavy atom. The zero-order valence-electron chi connectivity index (χ0n) is 15.4. The number of hydrogen-bond donors (Lipinski definition) is 2. The molecule has 25 heavy (non-hydrogen) atoms. The van der Waals surface area contributed by atoms with E-state index >= 15 is 0 Å². The van der Waals surface area contributed by atoms with Crippen LogP contribution in [0.2, 0.25) is 0 Å². The van der Waals surface area contributed by atoms with Crippen LogP contribution < -0.4 is 0 Å². The number of thioether (sulfide) groups is 1. The smallest absolute Gasteiger partial charge is 0.313 e. The summed E-state index contributed by atoms with van der Waals surface area (Å²) in [6.45, 7) is 4.40. The van der Waals surface area contributed by atoms with Gasteiger partial charge >= 0.3 is 5.97 Å². The third-order valence-electron chi connectivity index (χ3n) is 5.85. The van der Waals surface area contributed by atoms with Crippen LogP contribution in [0, 0.1) is 23.7 Å². The van der Waals surface area contributed by atoms with Crippen LogP contribution in [-0.4, -0.2) is 39.6 Å². The second-order valence-corrected chi connectivity index (χ2v) is 8.87. The number of aliphatic hydroxyl groups excluding tert-OH is 1. The van der Waals surface area contributed by atoms with Crippen molar-refractivity contribution >= 4 is 23.5 Å². The van der Waals surface area contributed by atoms with E-state index in [1.165, 1.54) is 17.3 Å². The lowest BCUT2D eigenvalue weighted by Crippen LogP contribution is -2.27.